The highest BCUT2D eigenvalue weighted by Crippen LogP contribution is 2.42. The van der Waals surface area contributed by atoms with Crippen LogP contribution in [0.4, 0.5) is 0 Å². The lowest BCUT2D eigenvalue weighted by atomic mass is 10.2. The molecule has 1 N–H and O–H groups in total. The van der Waals surface area contributed by atoms with E-state index in [4.69, 9.17) is 9.26 Å². The second-order valence-electron chi connectivity index (χ2n) is 4.00. The van der Waals surface area contributed by atoms with Crippen LogP contribution in [0.2, 0.25) is 0 Å². The first-order valence-corrected chi connectivity index (χ1v) is 7.60. The van der Waals surface area contributed by atoms with E-state index in [0.29, 0.717) is 5.75 Å². The van der Waals surface area contributed by atoms with Crippen molar-refractivity contribution in [3.05, 3.63) is 66.2 Å². The number of ether oxygens (including phenoxy) is 1. The molecule has 0 aromatic heterocycles. The van der Waals surface area contributed by atoms with E-state index in [9.17, 15) is 9.46 Å². The third-order valence-corrected chi connectivity index (χ3v) is 3.36. The molecular formula is C14H15O4P. The molecule has 0 aliphatic rings. The minimum atomic E-state index is -3.77. The zero-order valence-corrected chi connectivity index (χ0v) is 11.2. The van der Waals surface area contributed by atoms with Gasteiger partial charge in [0.15, 0.2) is 6.35 Å². The van der Waals surface area contributed by atoms with Gasteiger partial charge in [-0.1, -0.05) is 48.5 Å². The molecule has 0 fully saturated rings. The SMILES string of the molecule is O=P(O)(COCc1ccccc1)Oc1ccccc1. The summed E-state index contributed by atoms with van der Waals surface area (Å²) in [5.74, 6) is 0.358. The van der Waals surface area contributed by atoms with Crippen LogP contribution in [0.1, 0.15) is 5.56 Å². The predicted octanol–water partition coefficient (Wildman–Crippen LogP) is 3.43. The molecule has 0 heterocycles. The van der Waals surface area contributed by atoms with Crippen LogP contribution in [0.5, 0.6) is 5.75 Å². The van der Waals surface area contributed by atoms with Gasteiger partial charge in [-0.15, -0.1) is 0 Å². The molecule has 0 bridgehead atoms. The minimum Gasteiger partial charge on any atom is -0.423 e. The van der Waals surface area contributed by atoms with Gasteiger partial charge in [-0.3, -0.25) is 0 Å². The Balaban J connectivity index is 1.83. The molecule has 0 aliphatic heterocycles. The van der Waals surface area contributed by atoms with E-state index in [-0.39, 0.29) is 13.0 Å². The molecule has 2 aromatic rings. The number of hydrogen-bond acceptors (Lipinski definition) is 3. The van der Waals surface area contributed by atoms with Gasteiger partial charge in [-0.25, -0.2) is 4.57 Å². The Bertz CT molecular complexity index is 542. The molecule has 2 rings (SSSR count). The van der Waals surface area contributed by atoms with Gasteiger partial charge >= 0.3 is 7.60 Å². The molecule has 0 spiro atoms. The maximum atomic E-state index is 11.8. The lowest BCUT2D eigenvalue weighted by molar-refractivity contribution is 0.146. The average Bonchev–Trinajstić information content (AvgIpc) is 2.40. The fourth-order valence-electron chi connectivity index (χ4n) is 1.53. The Morgan fingerprint density at radius 3 is 2.16 bits per heavy atom. The van der Waals surface area contributed by atoms with Gasteiger partial charge in [0, 0.05) is 0 Å². The molecule has 4 nitrogen and oxygen atoms in total. The quantitative estimate of drug-likeness (QED) is 0.822. The zero-order valence-electron chi connectivity index (χ0n) is 10.3. The molecule has 1 atom stereocenters. The standard InChI is InChI=1S/C14H15O4P/c15-19(16,18-14-9-5-2-6-10-14)12-17-11-13-7-3-1-4-8-13/h1-10H,11-12H2,(H,15,16). The topological polar surface area (TPSA) is 55.8 Å². The second kappa shape index (κ2) is 6.53. The maximum Gasteiger partial charge on any atom is 0.402 e. The van der Waals surface area contributed by atoms with Gasteiger partial charge in [0.05, 0.1) is 6.61 Å². The molecule has 1 unspecified atom stereocenters. The lowest BCUT2D eigenvalue weighted by Gasteiger charge is -2.13. The van der Waals surface area contributed by atoms with Crippen molar-refractivity contribution in [2.75, 3.05) is 6.35 Å². The Morgan fingerprint density at radius 1 is 0.947 bits per heavy atom. The summed E-state index contributed by atoms with van der Waals surface area (Å²) < 4.78 is 22.0. The Kier molecular flexibility index (Phi) is 4.74. The number of hydrogen-bond donors (Lipinski definition) is 1. The molecule has 5 heteroatoms. The summed E-state index contributed by atoms with van der Waals surface area (Å²) in [6, 6.07) is 18.0. The third kappa shape index (κ3) is 4.87. The van der Waals surface area contributed by atoms with Crippen LogP contribution in [0.15, 0.2) is 60.7 Å². The zero-order chi connectivity index (χ0) is 13.6. The van der Waals surface area contributed by atoms with Crippen LogP contribution >= 0.6 is 7.60 Å². The largest absolute Gasteiger partial charge is 0.423 e. The first kappa shape index (κ1) is 13.8. The highest BCUT2D eigenvalue weighted by molar-refractivity contribution is 7.53. The molecule has 0 radical (unpaired) electrons. The van der Waals surface area contributed by atoms with Gasteiger partial charge in [0.2, 0.25) is 0 Å². The van der Waals surface area contributed by atoms with Crippen molar-refractivity contribution in [2.24, 2.45) is 0 Å². The van der Waals surface area contributed by atoms with Crippen molar-refractivity contribution in [2.45, 2.75) is 6.61 Å². The van der Waals surface area contributed by atoms with E-state index in [1.807, 2.05) is 30.3 Å². The van der Waals surface area contributed by atoms with Gasteiger partial charge in [-0.2, -0.15) is 0 Å². The first-order chi connectivity index (χ1) is 9.16. The second-order valence-corrected chi connectivity index (χ2v) is 5.72. The molecule has 0 saturated heterocycles. The Labute approximate surface area is 112 Å². The summed E-state index contributed by atoms with van der Waals surface area (Å²) in [5.41, 5.74) is 0.946. The van der Waals surface area contributed by atoms with Crippen LogP contribution in [0.3, 0.4) is 0 Å². The smallest absolute Gasteiger partial charge is 0.402 e. The van der Waals surface area contributed by atoms with E-state index in [1.165, 1.54) is 0 Å². The average molecular weight is 278 g/mol. The highest BCUT2D eigenvalue weighted by atomic mass is 31.2. The number of para-hydroxylation sites is 1. The summed E-state index contributed by atoms with van der Waals surface area (Å²) >= 11 is 0. The fraction of sp³-hybridized carbons (Fsp3) is 0.143. The molecule has 100 valence electrons. The van der Waals surface area contributed by atoms with Crippen molar-refractivity contribution in [1.82, 2.24) is 0 Å². The van der Waals surface area contributed by atoms with E-state index < -0.39 is 7.60 Å². The Morgan fingerprint density at radius 2 is 1.53 bits per heavy atom. The molecule has 2 aromatic carbocycles. The molecule has 0 aliphatic carbocycles. The van der Waals surface area contributed by atoms with Gasteiger partial charge in [0.1, 0.15) is 5.75 Å². The summed E-state index contributed by atoms with van der Waals surface area (Å²) in [7, 11) is -3.77. The van der Waals surface area contributed by atoms with E-state index in [2.05, 4.69) is 0 Å². The maximum absolute atomic E-state index is 11.8. The van der Waals surface area contributed by atoms with Gasteiger partial charge in [0.25, 0.3) is 0 Å². The molecule has 19 heavy (non-hydrogen) atoms. The van der Waals surface area contributed by atoms with Crippen LogP contribution in [0, 0.1) is 0 Å². The van der Waals surface area contributed by atoms with E-state index >= 15 is 0 Å². The number of benzene rings is 2. The first-order valence-electron chi connectivity index (χ1n) is 5.84. The Hall–Kier alpha value is -1.61. The van der Waals surface area contributed by atoms with Crippen molar-refractivity contribution >= 4 is 7.60 Å². The predicted molar refractivity (Wildman–Crippen MR) is 73.0 cm³/mol. The molecular weight excluding hydrogens is 263 g/mol. The summed E-state index contributed by atoms with van der Waals surface area (Å²) in [4.78, 5) is 9.65. The van der Waals surface area contributed by atoms with E-state index in [1.54, 1.807) is 30.3 Å². The summed E-state index contributed by atoms with van der Waals surface area (Å²) in [6.07, 6.45) is -0.337. The van der Waals surface area contributed by atoms with Crippen molar-refractivity contribution < 1.29 is 18.7 Å². The van der Waals surface area contributed by atoms with Gasteiger partial charge < -0.3 is 14.2 Å². The van der Waals surface area contributed by atoms with Gasteiger partial charge in [-0.05, 0) is 17.7 Å². The normalized spacial score (nSPS) is 13.7. The molecule has 0 saturated carbocycles. The third-order valence-electron chi connectivity index (χ3n) is 2.36. The van der Waals surface area contributed by atoms with Crippen molar-refractivity contribution in [1.29, 1.82) is 0 Å². The van der Waals surface area contributed by atoms with E-state index in [0.717, 1.165) is 5.56 Å². The van der Waals surface area contributed by atoms with Crippen molar-refractivity contribution in [3.63, 3.8) is 0 Å². The minimum absolute atomic E-state index is 0.281. The van der Waals surface area contributed by atoms with Crippen LogP contribution in [0.25, 0.3) is 0 Å². The lowest BCUT2D eigenvalue weighted by Crippen LogP contribution is -2.01. The van der Waals surface area contributed by atoms with Crippen LogP contribution < -0.4 is 4.52 Å². The number of rotatable bonds is 6. The highest BCUT2D eigenvalue weighted by Gasteiger charge is 2.21. The fourth-order valence-corrected chi connectivity index (χ4v) is 2.35. The van der Waals surface area contributed by atoms with Crippen molar-refractivity contribution in [3.8, 4) is 5.75 Å². The monoisotopic (exact) mass is 278 g/mol. The van der Waals surface area contributed by atoms with Crippen LogP contribution in [-0.2, 0) is 15.9 Å². The van der Waals surface area contributed by atoms with Crippen LogP contribution in [-0.4, -0.2) is 11.2 Å². The molecule has 0 amide bonds. The summed E-state index contributed by atoms with van der Waals surface area (Å²) in [5, 5.41) is 0. The summed E-state index contributed by atoms with van der Waals surface area (Å²) in [6.45, 7) is 0.281.